The standard InChI is InChI=1S/C19H22N2O4/c1-14-6-8-15(9-7-14)10-11-16-17(12-20,13-21)19(24-4,25-5)18(16,22-2)23-3/h6-11,16H,1-5H3/b11-10-/t16-/m0/s1. The van der Waals surface area contributed by atoms with Gasteiger partial charge >= 0.3 is 0 Å². The van der Waals surface area contributed by atoms with Crippen LogP contribution >= 0.6 is 0 Å². The maximum atomic E-state index is 9.78. The average molecular weight is 342 g/mol. The Hall–Kier alpha value is -2.22. The van der Waals surface area contributed by atoms with Crippen LogP contribution in [0, 0.1) is 40.9 Å². The second-order valence-corrected chi connectivity index (χ2v) is 5.88. The van der Waals surface area contributed by atoms with Gasteiger partial charge in [0.2, 0.25) is 11.2 Å². The zero-order valence-electron chi connectivity index (χ0n) is 15.1. The lowest BCUT2D eigenvalue weighted by Crippen LogP contribution is -2.83. The van der Waals surface area contributed by atoms with Gasteiger partial charge in [0.05, 0.1) is 18.1 Å². The van der Waals surface area contributed by atoms with Crippen molar-refractivity contribution in [2.24, 2.45) is 11.3 Å². The van der Waals surface area contributed by atoms with E-state index in [0.717, 1.165) is 11.1 Å². The lowest BCUT2D eigenvalue weighted by atomic mass is 9.51. The number of benzene rings is 1. The monoisotopic (exact) mass is 342 g/mol. The van der Waals surface area contributed by atoms with Gasteiger partial charge in [0, 0.05) is 28.4 Å². The van der Waals surface area contributed by atoms with Crippen LogP contribution in [0.2, 0.25) is 0 Å². The molecule has 1 aromatic rings. The highest BCUT2D eigenvalue weighted by Gasteiger charge is 2.85. The van der Waals surface area contributed by atoms with Gasteiger partial charge in [-0.3, -0.25) is 0 Å². The quantitative estimate of drug-likeness (QED) is 0.739. The number of hydrogen-bond donors (Lipinski definition) is 0. The van der Waals surface area contributed by atoms with Gasteiger partial charge < -0.3 is 18.9 Å². The zero-order chi connectivity index (χ0) is 18.7. The van der Waals surface area contributed by atoms with Crippen molar-refractivity contribution < 1.29 is 18.9 Å². The van der Waals surface area contributed by atoms with Crippen LogP contribution < -0.4 is 0 Å². The van der Waals surface area contributed by atoms with E-state index in [2.05, 4.69) is 12.1 Å². The summed E-state index contributed by atoms with van der Waals surface area (Å²) in [6.45, 7) is 2.00. The minimum Gasteiger partial charge on any atom is -0.348 e. The van der Waals surface area contributed by atoms with Gasteiger partial charge in [0.15, 0.2) is 0 Å². The van der Waals surface area contributed by atoms with E-state index in [1.54, 1.807) is 6.08 Å². The van der Waals surface area contributed by atoms with Crippen molar-refractivity contribution in [2.45, 2.75) is 18.5 Å². The second kappa shape index (κ2) is 6.95. The number of rotatable bonds is 6. The first kappa shape index (κ1) is 19.1. The molecule has 6 heteroatoms. The van der Waals surface area contributed by atoms with E-state index in [4.69, 9.17) is 18.9 Å². The molecule has 1 aliphatic rings. The molecule has 0 saturated heterocycles. The lowest BCUT2D eigenvalue weighted by molar-refractivity contribution is -0.489. The molecule has 25 heavy (non-hydrogen) atoms. The Labute approximate surface area is 148 Å². The number of nitrogens with zero attached hydrogens (tertiary/aromatic N) is 2. The molecule has 132 valence electrons. The van der Waals surface area contributed by atoms with Gasteiger partial charge in [0.1, 0.15) is 0 Å². The lowest BCUT2D eigenvalue weighted by Gasteiger charge is -2.64. The van der Waals surface area contributed by atoms with Gasteiger partial charge in [0.25, 0.3) is 5.79 Å². The third-order valence-electron chi connectivity index (χ3n) is 4.95. The molecule has 1 aliphatic carbocycles. The van der Waals surface area contributed by atoms with E-state index in [0.29, 0.717) is 0 Å². The molecule has 0 bridgehead atoms. The Morgan fingerprint density at radius 1 is 0.920 bits per heavy atom. The third kappa shape index (κ3) is 2.31. The first-order chi connectivity index (χ1) is 12.0. The van der Waals surface area contributed by atoms with Crippen molar-refractivity contribution >= 4 is 6.08 Å². The van der Waals surface area contributed by atoms with Crippen LogP contribution in [-0.2, 0) is 18.9 Å². The second-order valence-electron chi connectivity index (χ2n) is 5.88. The summed E-state index contributed by atoms with van der Waals surface area (Å²) in [7, 11) is 5.59. The molecule has 0 amide bonds. The molecule has 6 nitrogen and oxygen atoms in total. The number of aryl methyl sites for hydroxylation is 1. The number of nitriles is 2. The Kier molecular flexibility index (Phi) is 5.31. The van der Waals surface area contributed by atoms with Crippen molar-refractivity contribution in [3.8, 4) is 12.1 Å². The van der Waals surface area contributed by atoms with Gasteiger partial charge in [-0.25, -0.2) is 0 Å². The summed E-state index contributed by atoms with van der Waals surface area (Å²) in [6.07, 6.45) is 3.57. The van der Waals surface area contributed by atoms with Gasteiger partial charge in [-0.1, -0.05) is 42.0 Å². The fourth-order valence-electron chi connectivity index (χ4n) is 3.65. The summed E-state index contributed by atoms with van der Waals surface area (Å²) >= 11 is 0. The van der Waals surface area contributed by atoms with E-state index < -0.39 is 22.9 Å². The van der Waals surface area contributed by atoms with E-state index in [1.807, 2.05) is 37.3 Å². The molecule has 2 rings (SSSR count). The summed E-state index contributed by atoms with van der Waals surface area (Å²) in [4.78, 5) is 0. The first-order valence-corrected chi connectivity index (χ1v) is 7.75. The van der Waals surface area contributed by atoms with Crippen LogP contribution in [-0.4, -0.2) is 40.0 Å². The molecule has 1 fully saturated rings. The van der Waals surface area contributed by atoms with Gasteiger partial charge in [-0.15, -0.1) is 0 Å². The Balaban J connectivity index is 2.55. The Morgan fingerprint density at radius 2 is 1.44 bits per heavy atom. The van der Waals surface area contributed by atoms with Crippen LogP contribution in [0.4, 0.5) is 0 Å². The predicted molar refractivity (Wildman–Crippen MR) is 90.9 cm³/mol. The van der Waals surface area contributed by atoms with Crippen molar-refractivity contribution in [2.75, 3.05) is 28.4 Å². The van der Waals surface area contributed by atoms with Crippen LogP contribution in [0.3, 0.4) is 0 Å². The fraction of sp³-hybridized carbons (Fsp3) is 0.474. The van der Waals surface area contributed by atoms with E-state index in [-0.39, 0.29) is 0 Å². The van der Waals surface area contributed by atoms with Crippen LogP contribution in [0.5, 0.6) is 0 Å². The predicted octanol–water partition coefficient (Wildman–Crippen LogP) is 2.65. The van der Waals surface area contributed by atoms with Crippen molar-refractivity contribution in [3.63, 3.8) is 0 Å². The van der Waals surface area contributed by atoms with E-state index >= 15 is 0 Å². The molecule has 0 unspecified atom stereocenters. The summed E-state index contributed by atoms with van der Waals surface area (Å²) in [6, 6.07) is 12.0. The first-order valence-electron chi connectivity index (χ1n) is 7.75. The molecule has 1 atom stereocenters. The van der Waals surface area contributed by atoms with Crippen LogP contribution in [0.25, 0.3) is 6.08 Å². The van der Waals surface area contributed by atoms with E-state index in [1.165, 1.54) is 28.4 Å². The van der Waals surface area contributed by atoms with Crippen molar-refractivity contribution in [3.05, 3.63) is 41.5 Å². The molecule has 0 N–H and O–H groups in total. The molecular formula is C19H22N2O4. The van der Waals surface area contributed by atoms with Crippen LogP contribution in [0.15, 0.2) is 30.3 Å². The minimum atomic E-state index is -1.67. The summed E-state index contributed by atoms with van der Waals surface area (Å²) < 4.78 is 22.1. The van der Waals surface area contributed by atoms with Crippen molar-refractivity contribution in [1.29, 1.82) is 10.5 Å². The molecule has 1 aromatic carbocycles. The average Bonchev–Trinajstić information content (AvgIpc) is 2.64. The number of hydrogen-bond acceptors (Lipinski definition) is 6. The highest BCUT2D eigenvalue weighted by molar-refractivity contribution is 5.53. The maximum absolute atomic E-state index is 9.78. The fourth-order valence-corrected chi connectivity index (χ4v) is 3.65. The van der Waals surface area contributed by atoms with Crippen molar-refractivity contribution in [1.82, 2.24) is 0 Å². The molecule has 0 aromatic heterocycles. The minimum absolute atomic E-state index is 0.716. The summed E-state index contributed by atoms with van der Waals surface area (Å²) in [5, 5.41) is 19.6. The molecule has 0 spiro atoms. The molecule has 0 heterocycles. The maximum Gasteiger partial charge on any atom is 0.257 e. The molecule has 1 saturated carbocycles. The smallest absolute Gasteiger partial charge is 0.257 e. The highest BCUT2D eigenvalue weighted by atomic mass is 16.8. The van der Waals surface area contributed by atoms with E-state index in [9.17, 15) is 10.5 Å². The zero-order valence-corrected chi connectivity index (χ0v) is 15.1. The Morgan fingerprint density at radius 3 is 1.84 bits per heavy atom. The number of methoxy groups -OCH3 is 4. The van der Waals surface area contributed by atoms with Gasteiger partial charge in [-0.2, -0.15) is 10.5 Å². The molecular weight excluding hydrogens is 320 g/mol. The number of ether oxygens (including phenoxy) is 4. The normalized spacial score (nSPS) is 22.8. The SMILES string of the molecule is COC1(OC)[C@@H](/C=C\c2ccc(C)cc2)C(C#N)(C#N)C1(OC)OC. The molecule has 0 radical (unpaired) electrons. The third-order valence-corrected chi connectivity index (χ3v) is 4.95. The molecule has 0 aliphatic heterocycles. The summed E-state index contributed by atoms with van der Waals surface area (Å²) in [5.74, 6) is -3.82. The highest BCUT2D eigenvalue weighted by Crippen LogP contribution is 2.65. The van der Waals surface area contributed by atoms with Gasteiger partial charge in [-0.05, 0) is 12.5 Å². The Bertz CT molecular complexity index is 705. The topological polar surface area (TPSA) is 84.5 Å². The largest absolute Gasteiger partial charge is 0.348 e. The summed E-state index contributed by atoms with van der Waals surface area (Å²) in [5.41, 5.74) is 0.456. The van der Waals surface area contributed by atoms with Crippen LogP contribution in [0.1, 0.15) is 11.1 Å².